The number of benzene rings is 2. The predicted molar refractivity (Wildman–Crippen MR) is 103 cm³/mol. The van der Waals surface area contributed by atoms with Crippen LogP contribution in [-0.2, 0) is 11.2 Å². The van der Waals surface area contributed by atoms with Crippen LogP contribution in [-0.4, -0.2) is 15.8 Å². The first-order valence-electron chi connectivity index (χ1n) is 7.25. The lowest BCUT2D eigenvalue weighted by Gasteiger charge is -2.18. The molecule has 1 aliphatic heterocycles. The molecule has 1 unspecified atom stereocenters. The average molecular weight is 418 g/mol. The quantitative estimate of drug-likeness (QED) is 0.702. The fourth-order valence-electron chi connectivity index (χ4n) is 2.39. The molecule has 0 spiro atoms. The van der Waals surface area contributed by atoms with Gasteiger partial charge in [-0.1, -0.05) is 52.6 Å². The van der Waals surface area contributed by atoms with Crippen molar-refractivity contribution in [3.63, 3.8) is 0 Å². The molecule has 1 heterocycles. The van der Waals surface area contributed by atoms with Gasteiger partial charge in [0.2, 0.25) is 5.91 Å². The number of nitrogens with one attached hydrogen (secondary N) is 1. The van der Waals surface area contributed by atoms with Crippen molar-refractivity contribution >= 4 is 63.3 Å². The molecule has 1 N–H and O–H groups in total. The van der Waals surface area contributed by atoms with E-state index in [4.69, 9.17) is 34.8 Å². The van der Waals surface area contributed by atoms with Crippen molar-refractivity contribution < 1.29 is 9.18 Å². The van der Waals surface area contributed by atoms with E-state index < -0.39 is 10.6 Å². The van der Waals surface area contributed by atoms with Gasteiger partial charge < -0.3 is 5.32 Å². The topological polar surface area (TPSA) is 41.5 Å². The first-order chi connectivity index (χ1) is 11.8. The SMILES string of the molecule is CC1(Cc2ccc(F)c(Cl)c2)SC(=Nc2ccc(Cl)c(Cl)c2)NC1=O. The summed E-state index contributed by atoms with van der Waals surface area (Å²) >= 11 is 19.0. The summed E-state index contributed by atoms with van der Waals surface area (Å²) < 4.78 is 12.5. The summed E-state index contributed by atoms with van der Waals surface area (Å²) in [6.07, 6.45) is 0.393. The Hall–Kier alpha value is -1.27. The first-order valence-corrected chi connectivity index (χ1v) is 9.20. The van der Waals surface area contributed by atoms with Gasteiger partial charge in [0.25, 0.3) is 0 Å². The van der Waals surface area contributed by atoms with E-state index in [9.17, 15) is 9.18 Å². The second kappa shape index (κ2) is 7.16. The minimum atomic E-state index is -0.768. The van der Waals surface area contributed by atoms with Gasteiger partial charge in [-0.15, -0.1) is 0 Å². The summed E-state index contributed by atoms with van der Waals surface area (Å²) in [5, 5.41) is 4.10. The molecule has 1 atom stereocenters. The molecule has 2 aromatic rings. The molecule has 8 heteroatoms. The van der Waals surface area contributed by atoms with Crippen molar-refractivity contribution in [2.75, 3.05) is 0 Å². The second-order valence-corrected chi connectivity index (χ2v) is 8.44. The lowest BCUT2D eigenvalue weighted by atomic mass is 9.99. The lowest BCUT2D eigenvalue weighted by molar-refractivity contribution is -0.121. The summed E-state index contributed by atoms with van der Waals surface area (Å²) in [6.45, 7) is 1.81. The summed E-state index contributed by atoms with van der Waals surface area (Å²) in [5.41, 5.74) is 1.36. The summed E-state index contributed by atoms with van der Waals surface area (Å²) in [7, 11) is 0. The number of carbonyl (C=O) groups is 1. The molecule has 1 saturated heterocycles. The van der Waals surface area contributed by atoms with Crippen LogP contribution in [0.3, 0.4) is 0 Å². The highest BCUT2D eigenvalue weighted by Gasteiger charge is 2.42. The number of carbonyl (C=O) groups excluding carboxylic acids is 1. The van der Waals surface area contributed by atoms with Crippen molar-refractivity contribution in [1.82, 2.24) is 5.32 Å². The molecule has 3 nitrogen and oxygen atoms in total. The smallest absolute Gasteiger partial charge is 0.242 e. The second-order valence-electron chi connectivity index (χ2n) is 5.73. The molecule has 0 bridgehead atoms. The monoisotopic (exact) mass is 416 g/mol. The van der Waals surface area contributed by atoms with E-state index in [1.54, 1.807) is 24.3 Å². The molecule has 1 amide bonds. The average Bonchev–Trinajstić information content (AvgIpc) is 2.81. The third kappa shape index (κ3) is 4.11. The van der Waals surface area contributed by atoms with E-state index in [0.717, 1.165) is 5.56 Å². The maximum Gasteiger partial charge on any atom is 0.242 e. The van der Waals surface area contributed by atoms with Crippen molar-refractivity contribution in [2.24, 2.45) is 4.99 Å². The fraction of sp³-hybridized carbons (Fsp3) is 0.176. The number of thioether (sulfide) groups is 1. The van der Waals surface area contributed by atoms with Crippen molar-refractivity contribution in [2.45, 2.75) is 18.1 Å². The lowest BCUT2D eigenvalue weighted by Crippen LogP contribution is -2.35. The molecule has 130 valence electrons. The molecule has 0 radical (unpaired) electrons. The van der Waals surface area contributed by atoms with Gasteiger partial charge in [-0.25, -0.2) is 9.38 Å². The number of rotatable bonds is 3. The minimum absolute atomic E-state index is 0.0363. The highest BCUT2D eigenvalue weighted by atomic mass is 35.5. The Balaban J connectivity index is 1.81. The molecular formula is C17H12Cl3FN2OS. The van der Waals surface area contributed by atoms with Gasteiger partial charge in [-0.3, -0.25) is 4.79 Å². The number of halogens is 4. The minimum Gasteiger partial charge on any atom is -0.304 e. The zero-order valence-electron chi connectivity index (χ0n) is 12.9. The Kier molecular flexibility index (Phi) is 5.30. The van der Waals surface area contributed by atoms with Crippen LogP contribution < -0.4 is 5.32 Å². The van der Waals surface area contributed by atoms with E-state index in [2.05, 4.69) is 10.3 Å². The van der Waals surface area contributed by atoms with E-state index >= 15 is 0 Å². The zero-order valence-corrected chi connectivity index (χ0v) is 16.0. The Morgan fingerprint density at radius 1 is 1.12 bits per heavy atom. The maximum absolute atomic E-state index is 13.3. The Morgan fingerprint density at radius 3 is 2.56 bits per heavy atom. The zero-order chi connectivity index (χ0) is 18.2. The van der Waals surface area contributed by atoms with Gasteiger partial charge in [0.05, 0.1) is 20.8 Å². The summed E-state index contributed by atoms with van der Waals surface area (Å²) in [4.78, 5) is 16.8. The number of aliphatic imine (C=N–C) groups is 1. The van der Waals surface area contributed by atoms with Gasteiger partial charge >= 0.3 is 0 Å². The standard InChI is InChI=1S/C17H12Cl3FN2OS/c1-17(8-9-2-5-14(21)13(20)6-9)15(24)23-16(25-17)22-10-3-4-11(18)12(19)7-10/h2-7H,8H2,1H3,(H,22,23,24). The van der Waals surface area contributed by atoms with Crippen molar-refractivity contribution in [1.29, 1.82) is 0 Å². The Labute approximate surface area is 163 Å². The largest absolute Gasteiger partial charge is 0.304 e. The molecule has 1 aliphatic rings. The van der Waals surface area contributed by atoms with Crippen molar-refractivity contribution in [3.8, 4) is 0 Å². The molecule has 0 saturated carbocycles. The molecule has 3 rings (SSSR count). The van der Waals surface area contributed by atoms with E-state index in [1.807, 2.05) is 6.92 Å². The molecule has 0 aliphatic carbocycles. The highest BCUT2D eigenvalue weighted by Crippen LogP contribution is 2.37. The Morgan fingerprint density at radius 2 is 1.88 bits per heavy atom. The number of amidine groups is 1. The predicted octanol–water partition coefficient (Wildman–Crippen LogP) is 5.64. The number of hydrogen-bond acceptors (Lipinski definition) is 3. The van der Waals surface area contributed by atoms with Crippen LogP contribution in [0.2, 0.25) is 15.1 Å². The van der Waals surface area contributed by atoms with Crippen LogP contribution in [0.4, 0.5) is 10.1 Å². The van der Waals surface area contributed by atoms with Crippen LogP contribution in [0.1, 0.15) is 12.5 Å². The van der Waals surface area contributed by atoms with Gasteiger partial charge in [-0.2, -0.15) is 0 Å². The van der Waals surface area contributed by atoms with E-state index in [1.165, 1.54) is 23.9 Å². The molecule has 0 aromatic heterocycles. The third-order valence-corrected chi connectivity index (χ3v) is 5.88. The van der Waals surface area contributed by atoms with Gasteiger partial charge in [0.1, 0.15) is 10.6 Å². The van der Waals surface area contributed by atoms with Crippen LogP contribution >= 0.6 is 46.6 Å². The normalized spacial score (nSPS) is 21.6. The van der Waals surface area contributed by atoms with Gasteiger partial charge in [0.15, 0.2) is 5.17 Å². The van der Waals surface area contributed by atoms with Gasteiger partial charge in [0, 0.05) is 0 Å². The van der Waals surface area contributed by atoms with Crippen LogP contribution in [0.5, 0.6) is 0 Å². The fourth-order valence-corrected chi connectivity index (χ4v) is 3.99. The highest BCUT2D eigenvalue weighted by molar-refractivity contribution is 8.16. The Bertz CT molecular complexity index is 890. The number of amides is 1. The molecular weight excluding hydrogens is 406 g/mol. The van der Waals surface area contributed by atoms with Crippen LogP contribution in [0, 0.1) is 5.82 Å². The van der Waals surface area contributed by atoms with E-state index in [0.29, 0.717) is 27.3 Å². The van der Waals surface area contributed by atoms with Crippen LogP contribution in [0.25, 0.3) is 0 Å². The summed E-state index contributed by atoms with van der Waals surface area (Å²) in [5.74, 6) is -0.655. The van der Waals surface area contributed by atoms with Crippen molar-refractivity contribution in [3.05, 3.63) is 62.8 Å². The molecule has 1 fully saturated rings. The summed E-state index contributed by atoms with van der Waals surface area (Å²) in [6, 6.07) is 9.43. The third-order valence-electron chi connectivity index (χ3n) is 3.68. The molecule has 2 aromatic carbocycles. The number of nitrogens with zero attached hydrogens (tertiary/aromatic N) is 1. The van der Waals surface area contributed by atoms with Crippen LogP contribution in [0.15, 0.2) is 41.4 Å². The van der Waals surface area contributed by atoms with E-state index in [-0.39, 0.29) is 10.9 Å². The molecule has 25 heavy (non-hydrogen) atoms. The maximum atomic E-state index is 13.3. The first kappa shape index (κ1) is 18.5. The number of hydrogen-bond donors (Lipinski definition) is 1. The van der Waals surface area contributed by atoms with Gasteiger partial charge in [-0.05, 0) is 49.2 Å².